The molecule has 0 aliphatic carbocycles. The summed E-state index contributed by atoms with van der Waals surface area (Å²) in [5.74, 6) is 1.15. The summed E-state index contributed by atoms with van der Waals surface area (Å²) in [6, 6.07) is 9.80. The van der Waals surface area contributed by atoms with Gasteiger partial charge in [0.25, 0.3) is 0 Å². The Morgan fingerprint density at radius 3 is 2.79 bits per heavy atom. The van der Waals surface area contributed by atoms with Gasteiger partial charge < -0.3 is 10.1 Å². The van der Waals surface area contributed by atoms with Gasteiger partial charge >= 0.3 is 0 Å². The molecule has 19 heavy (non-hydrogen) atoms. The Hall–Kier alpha value is -1.62. The normalized spacial score (nSPS) is 10.5. The average Bonchev–Trinajstić information content (AvgIpc) is 2.37. The standard InChI is InChI=1S/C14H16BrN3O/c1-10(2)19-13-7-8-16-14(18-13)17-9-11-5-3-4-6-12(11)15/h3-8,10H,9H2,1-2H3,(H,16,17,18). The van der Waals surface area contributed by atoms with Gasteiger partial charge in [-0.3, -0.25) is 0 Å². The summed E-state index contributed by atoms with van der Waals surface area (Å²) >= 11 is 3.51. The molecule has 0 bridgehead atoms. The molecule has 0 aliphatic rings. The molecule has 5 heteroatoms. The average molecular weight is 322 g/mol. The van der Waals surface area contributed by atoms with E-state index in [1.165, 1.54) is 0 Å². The van der Waals surface area contributed by atoms with Gasteiger partial charge in [0.15, 0.2) is 0 Å². The van der Waals surface area contributed by atoms with Crippen LogP contribution in [0.4, 0.5) is 5.95 Å². The molecule has 0 saturated carbocycles. The third-order valence-electron chi connectivity index (χ3n) is 2.38. The Balaban J connectivity index is 2.02. The number of hydrogen-bond acceptors (Lipinski definition) is 4. The summed E-state index contributed by atoms with van der Waals surface area (Å²) < 4.78 is 6.60. The zero-order chi connectivity index (χ0) is 13.7. The van der Waals surface area contributed by atoms with Crippen LogP contribution in [0.25, 0.3) is 0 Å². The fraction of sp³-hybridized carbons (Fsp3) is 0.286. The highest BCUT2D eigenvalue weighted by molar-refractivity contribution is 9.10. The van der Waals surface area contributed by atoms with Crippen LogP contribution in [-0.4, -0.2) is 16.1 Å². The van der Waals surface area contributed by atoms with Crippen LogP contribution in [0.15, 0.2) is 41.0 Å². The topological polar surface area (TPSA) is 47.0 Å². The van der Waals surface area contributed by atoms with Crippen LogP contribution in [0.2, 0.25) is 0 Å². The number of nitrogens with one attached hydrogen (secondary N) is 1. The summed E-state index contributed by atoms with van der Waals surface area (Å²) in [7, 11) is 0. The maximum absolute atomic E-state index is 5.53. The second-order valence-electron chi connectivity index (χ2n) is 4.33. The van der Waals surface area contributed by atoms with E-state index >= 15 is 0 Å². The monoisotopic (exact) mass is 321 g/mol. The first-order valence-electron chi connectivity index (χ1n) is 6.12. The Kier molecular flexibility index (Phi) is 4.74. The molecule has 1 aromatic heterocycles. The van der Waals surface area contributed by atoms with Crippen LogP contribution in [0.5, 0.6) is 5.88 Å². The smallest absolute Gasteiger partial charge is 0.226 e. The molecule has 0 saturated heterocycles. The highest BCUT2D eigenvalue weighted by atomic mass is 79.9. The van der Waals surface area contributed by atoms with Crippen molar-refractivity contribution >= 4 is 21.9 Å². The van der Waals surface area contributed by atoms with Crippen molar-refractivity contribution in [2.45, 2.75) is 26.5 Å². The van der Waals surface area contributed by atoms with Crippen molar-refractivity contribution in [1.29, 1.82) is 0 Å². The lowest BCUT2D eigenvalue weighted by molar-refractivity contribution is 0.232. The van der Waals surface area contributed by atoms with Crippen LogP contribution >= 0.6 is 15.9 Å². The van der Waals surface area contributed by atoms with Crippen LogP contribution in [-0.2, 0) is 6.54 Å². The molecule has 0 unspecified atom stereocenters. The largest absolute Gasteiger partial charge is 0.475 e. The van der Waals surface area contributed by atoms with Crippen molar-refractivity contribution in [3.05, 3.63) is 46.6 Å². The number of nitrogens with zero attached hydrogens (tertiary/aromatic N) is 2. The van der Waals surface area contributed by atoms with Crippen LogP contribution < -0.4 is 10.1 Å². The molecule has 4 nitrogen and oxygen atoms in total. The number of aromatic nitrogens is 2. The molecule has 0 fully saturated rings. The molecule has 2 aromatic rings. The van der Waals surface area contributed by atoms with Crippen molar-refractivity contribution in [2.75, 3.05) is 5.32 Å². The van der Waals surface area contributed by atoms with Gasteiger partial charge in [-0.15, -0.1) is 0 Å². The predicted octanol–water partition coefficient (Wildman–Crippen LogP) is 3.64. The molecule has 0 atom stereocenters. The first kappa shape index (κ1) is 13.8. The summed E-state index contributed by atoms with van der Waals surface area (Å²) in [6.07, 6.45) is 1.79. The first-order valence-corrected chi connectivity index (χ1v) is 6.91. The zero-order valence-corrected chi connectivity index (χ0v) is 12.5. The van der Waals surface area contributed by atoms with Crippen molar-refractivity contribution in [2.24, 2.45) is 0 Å². The van der Waals surface area contributed by atoms with Gasteiger partial charge in [0.05, 0.1) is 6.10 Å². The predicted molar refractivity (Wildman–Crippen MR) is 79.3 cm³/mol. The van der Waals surface area contributed by atoms with Crippen molar-refractivity contribution in [1.82, 2.24) is 9.97 Å². The zero-order valence-electron chi connectivity index (χ0n) is 10.9. The molecule has 2 rings (SSSR count). The molecular formula is C14H16BrN3O. The Morgan fingerprint density at radius 2 is 2.05 bits per heavy atom. The van der Waals surface area contributed by atoms with Crippen LogP contribution in [0.3, 0.4) is 0 Å². The summed E-state index contributed by atoms with van der Waals surface area (Å²) in [6.45, 7) is 4.60. The summed E-state index contributed by atoms with van der Waals surface area (Å²) in [5, 5.41) is 3.18. The number of benzene rings is 1. The Bertz CT molecular complexity index is 546. The minimum absolute atomic E-state index is 0.103. The quantitative estimate of drug-likeness (QED) is 0.913. The third-order valence-corrected chi connectivity index (χ3v) is 3.15. The molecule has 1 N–H and O–H groups in total. The lowest BCUT2D eigenvalue weighted by Gasteiger charge is -2.10. The van der Waals surface area contributed by atoms with Crippen LogP contribution in [0, 0.1) is 0 Å². The fourth-order valence-electron chi connectivity index (χ4n) is 1.55. The second kappa shape index (κ2) is 6.52. The van der Waals surface area contributed by atoms with Gasteiger partial charge in [0.2, 0.25) is 11.8 Å². The molecule has 0 radical (unpaired) electrons. The van der Waals surface area contributed by atoms with E-state index in [1.807, 2.05) is 38.1 Å². The van der Waals surface area contributed by atoms with Gasteiger partial charge in [0.1, 0.15) is 0 Å². The number of ether oxygens (including phenoxy) is 1. The number of hydrogen-bond donors (Lipinski definition) is 1. The molecule has 0 aliphatic heterocycles. The molecule has 100 valence electrons. The molecule has 1 aromatic carbocycles. The van der Waals surface area contributed by atoms with E-state index in [4.69, 9.17) is 4.74 Å². The van der Waals surface area contributed by atoms with Gasteiger partial charge in [-0.25, -0.2) is 4.98 Å². The first-order chi connectivity index (χ1) is 9.15. The lowest BCUT2D eigenvalue weighted by Crippen LogP contribution is -2.09. The minimum atomic E-state index is 0.103. The SMILES string of the molecule is CC(C)Oc1ccnc(NCc2ccccc2Br)n1. The Morgan fingerprint density at radius 1 is 1.26 bits per heavy atom. The van der Waals surface area contributed by atoms with E-state index in [2.05, 4.69) is 31.2 Å². The van der Waals surface area contributed by atoms with Gasteiger partial charge in [-0.1, -0.05) is 34.1 Å². The third kappa shape index (κ3) is 4.21. The van der Waals surface area contributed by atoms with Gasteiger partial charge in [-0.05, 0) is 25.5 Å². The Labute approximate surface area is 121 Å². The van der Waals surface area contributed by atoms with Crippen LogP contribution in [0.1, 0.15) is 19.4 Å². The molecule has 0 spiro atoms. The van der Waals surface area contributed by atoms with Gasteiger partial charge in [-0.2, -0.15) is 4.98 Å². The van der Waals surface area contributed by atoms with E-state index in [-0.39, 0.29) is 6.10 Å². The molecule has 1 heterocycles. The maximum atomic E-state index is 5.53. The lowest BCUT2D eigenvalue weighted by atomic mass is 10.2. The van der Waals surface area contributed by atoms with E-state index in [0.717, 1.165) is 10.0 Å². The van der Waals surface area contributed by atoms with E-state index < -0.39 is 0 Å². The second-order valence-corrected chi connectivity index (χ2v) is 5.18. The number of halogens is 1. The minimum Gasteiger partial charge on any atom is -0.475 e. The van der Waals surface area contributed by atoms with E-state index in [9.17, 15) is 0 Å². The summed E-state index contributed by atoms with van der Waals surface area (Å²) in [4.78, 5) is 8.47. The van der Waals surface area contributed by atoms with Crippen molar-refractivity contribution in [3.8, 4) is 5.88 Å². The number of anilines is 1. The van der Waals surface area contributed by atoms with Gasteiger partial charge in [0, 0.05) is 23.3 Å². The highest BCUT2D eigenvalue weighted by Gasteiger charge is 2.03. The number of rotatable bonds is 5. The fourth-order valence-corrected chi connectivity index (χ4v) is 1.98. The summed E-state index contributed by atoms with van der Waals surface area (Å²) in [5.41, 5.74) is 1.15. The van der Waals surface area contributed by atoms with E-state index in [1.54, 1.807) is 12.3 Å². The van der Waals surface area contributed by atoms with Crippen molar-refractivity contribution < 1.29 is 4.74 Å². The molecular weight excluding hydrogens is 306 g/mol. The molecule has 0 amide bonds. The van der Waals surface area contributed by atoms with E-state index in [0.29, 0.717) is 18.4 Å². The highest BCUT2D eigenvalue weighted by Crippen LogP contribution is 2.17. The van der Waals surface area contributed by atoms with Crippen molar-refractivity contribution in [3.63, 3.8) is 0 Å². The maximum Gasteiger partial charge on any atom is 0.226 e.